The molecule has 0 saturated carbocycles. The van der Waals surface area contributed by atoms with Gasteiger partial charge in [0.15, 0.2) is 16.7 Å². The monoisotopic (exact) mass is 486 g/mol. The number of anilines is 1. The number of rotatable bonds is 6. The highest BCUT2D eigenvalue weighted by atomic mass is 32.1. The highest BCUT2D eigenvalue weighted by Crippen LogP contribution is 2.33. The summed E-state index contributed by atoms with van der Waals surface area (Å²) in [6.07, 6.45) is 0.453. The number of fused-ring (bicyclic) bond motifs is 1. The van der Waals surface area contributed by atoms with Crippen molar-refractivity contribution >= 4 is 34.1 Å². The minimum Gasteiger partial charge on any atom is -0.356 e. The first-order valence-electron chi connectivity index (χ1n) is 11.1. The van der Waals surface area contributed by atoms with Crippen LogP contribution in [0.1, 0.15) is 37.8 Å². The summed E-state index contributed by atoms with van der Waals surface area (Å²) in [6.45, 7) is 0.266. The summed E-state index contributed by atoms with van der Waals surface area (Å²) in [5.41, 5.74) is 2.59. The number of nitrogens with one attached hydrogen (secondary N) is 1. The van der Waals surface area contributed by atoms with Crippen molar-refractivity contribution in [3.05, 3.63) is 88.6 Å². The Morgan fingerprint density at radius 3 is 2.54 bits per heavy atom. The fourth-order valence-corrected chi connectivity index (χ4v) is 5.01. The van der Waals surface area contributed by atoms with Crippen LogP contribution in [0.4, 0.5) is 5.13 Å². The Hall–Kier alpha value is -4.11. The van der Waals surface area contributed by atoms with Gasteiger partial charge in [0, 0.05) is 37.1 Å². The Morgan fingerprint density at radius 2 is 1.80 bits per heavy atom. The first-order valence-corrected chi connectivity index (χ1v) is 11.9. The SMILES string of the molecule is CN(Cc1cc(-c2ccccc2)on1)C(=O)C1CC(=O)c2sc(NC(=O)c3ccccc3)nc2C1. The fraction of sp³-hybridized carbons (Fsp3) is 0.192. The van der Waals surface area contributed by atoms with Gasteiger partial charge in [-0.1, -0.05) is 65.0 Å². The first-order chi connectivity index (χ1) is 17.0. The van der Waals surface area contributed by atoms with Gasteiger partial charge in [-0.05, 0) is 12.1 Å². The molecule has 1 atom stereocenters. The third-order valence-electron chi connectivity index (χ3n) is 5.82. The van der Waals surface area contributed by atoms with Crippen LogP contribution in [-0.2, 0) is 17.8 Å². The predicted octanol–water partition coefficient (Wildman–Crippen LogP) is 4.45. The molecular weight excluding hydrogens is 464 g/mol. The summed E-state index contributed by atoms with van der Waals surface area (Å²) in [7, 11) is 1.69. The number of aromatic nitrogens is 2. The van der Waals surface area contributed by atoms with E-state index in [4.69, 9.17) is 4.52 Å². The molecule has 9 heteroatoms. The second kappa shape index (κ2) is 9.63. The van der Waals surface area contributed by atoms with Crippen molar-refractivity contribution in [3.63, 3.8) is 0 Å². The van der Waals surface area contributed by atoms with Crippen molar-refractivity contribution in [3.8, 4) is 11.3 Å². The van der Waals surface area contributed by atoms with Crippen molar-refractivity contribution in [2.45, 2.75) is 19.4 Å². The maximum atomic E-state index is 13.1. The number of carbonyl (C=O) groups excluding carboxylic acids is 3. The van der Waals surface area contributed by atoms with Crippen LogP contribution in [0.5, 0.6) is 0 Å². The molecule has 4 aromatic rings. The van der Waals surface area contributed by atoms with Gasteiger partial charge < -0.3 is 9.42 Å². The van der Waals surface area contributed by atoms with Gasteiger partial charge in [-0.15, -0.1) is 0 Å². The lowest BCUT2D eigenvalue weighted by Crippen LogP contribution is -2.36. The Bertz CT molecular complexity index is 1380. The van der Waals surface area contributed by atoms with Crippen molar-refractivity contribution in [2.75, 3.05) is 12.4 Å². The summed E-state index contributed by atoms with van der Waals surface area (Å²) in [5, 5.41) is 7.19. The molecular formula is C26H22N4O4S. The van der Waals surface area contributed by atoms with Gasteiger partial charge in [-0.2, -0.15) is 0 Å². The summed E-state index contributed by atoms with van der Waals surface area (Å²) < 4.78 is 5.42. The molecule has 2 amide bonds. The highest BCUT2D eigenvalue weighted by Gasteiger charge is 2.34. The molecule has 1 N–H and O–H groups in total. The van der Waals surface area contributed by atoms with E-state index in [0.717, 1.165) is 16.9 Å². The van der Waals surface area contributed by atoms with E-state index >= 15 is 0 Å². The molecule has 0 radical (unpaired) electrons. The quantitative estimate of drug-likeness (QED) is 0.432. The third kappa shape index (κ3) is 4.90. The largest absolute Gasteiger partial charge is 0.356 e. The zero-order valence-corrected chi connectivity index (χ0v) is 19.7. The molecule has 0 spiro atoms. The van der Waals surface area contributed by atoms with Crippen LogP contribution in [0.3, 0.4) is 0 Å². The minimum absolute atomic E-state index is 0.110. The molecule has 1 aliphatic carbocycles. The molecule has 2 heterocycles. The summed E-state index contributed by atoms with van der Waals surface area (Å²) in [4.78, 5) is 44.8. The van der Waals surface area contributed by atoms with Gasteiger partial charge in [0.25, 0.3) is 5.91 Å². The average Bonchev–Trinajstić information content (AvgIpc) is 3.51. The standard InChI is InChI=1S/C26H22N4O4S/c1-30(15-19-14-22(34-29-19)16-8-4-2-5-9-16)25(33)18-12-20-23(21(31)13-18)35-26(27-20)28-24(32)17-10-6-3-7-11-17/h2-11,14,18H,12-13,15H2,1H3,(H,27,28,32). The Labute approximate surface area is 205 Å². The molecule has 5 rings (SSSR count). The molecule has 0 fully saturated rings. The Balaban J connectivity index is 1.24. The molecule has 2 aromatic heterocycles. The number of carbonyl (C=O) groups is 3. The van der Waals surface area contributed by atoms with Crippen molar-refractivity contribution in [2.24, 2.45) is 5.92 Å². The summed E-state index contributed by atoms with van der Waals surface area (Å²) in [6, 6.07) is 20.2. The van der Waals surface area contributed by atoms with Crippen LogP contribution < -0.4 is 5.32 Å². The number of hydrogen-bond donors (Lipinski definition) is 1. The zero-order chi connectivity index (χ0) is 24.4. The van der Waals surface area contributed by atoms with Gasteiger partial charge in [0.05, 0.1) is 23.0 Å². The van der Waals surface area contributed by atoms with Crippen molar-refractivity contribution in [1.82, 2.24) is 15.0 Å². The van der Waals surface area contributed by atoms with Crippen LogP contribution in [0, 0.1) is 5.92 Å². The lowest BCUT2D eigenvalue weighted by Gasteiger charge is -2.24. The molecule has 0 bridgehead atoms. The van der Waals surface area contributed by atoms with Gasteiger partial charge in [0.1, 0.15) is 5.69 Å². The van der Waals surface area contributed by atoms with Crippen LogP contribution in [0.15, 0.2) is 71.3 Å². The number of thiazole rings is 1. The van der Waals surface area contributed by atoms with Gasteiger partial charge >= 0.3 is 0 Å². The molecule has 1 unspecified atom stereocenters. The molecule has 0 aliphatic heterocycles. The topological polar surface area (TPSA) is 105 Å². The van der Waals surface area contributed by atoms with E-state index in [2.05, 4.69) is 15.5 Å². The number of hydrogen-bond acceptors (Lipinski definition) is 7. The second-order valence-electron chi connectivity index (χ2n) is 8.39. The van der Waals surface area contributed by atoms with E-state index in [-0.39, 0.29) is 30.6 Å². The molecule has 8 nitrogen and oxygen atoms in total. The number of nitrogens with zero attached hydrogens (tertiary/aromatic N) is 3. The van der Waals surface area contributed by atoms with Crippen LogP contribution in [0.2, 0.25) is 0 Å². The average molecular weight is 487 g/mol. The Morgan fingerprint density at radius 1 is 1.09 bits per heavy atom. The van der Waals surface area contributed by atoms with Crippen LogP contribution in [-0.4, -0.2) is 39.7 Å². The van der Waals surface area contributed by atoms with Crippen molar-refractivity contribution < 1.29 is 18.9 Å². The lowest BCUT2D eigenvalue weighted by atomic mass is 9.89. The predicted molar refractivity (Wildman–Crippen MR) is 131 cm³/mol. The van der Waals surface area contributed by atoms with Gasteiger partial charge in [-0.25, -0.2) is 4.98 Å². The molecule has 2 aromatic carbocycles. The normalized spacial score (nSPS) is 14.9. The number of amides is 2. The van der Waals surface area contributed by atoms with Gasteiger partial charge in [0.2, 0.25) is 5.91 Å². The van der Waals surface area contributed by atoms with Gasteiger partial charge in [-0.3, -0.25) is 19.7 Å². The molecule has 176 valence electrons. The summed E-state index contributed by atoms with van der Waals surface area (Å²) in [5.74, 6) is -0.467. The van der Waals surface area contributed by atoms with E-state index in [9.17, 15) is 14.4 Å². The maximum absolute atomic E-state index is 13.1. The van der Waals surface area contributed by atoms with Crippen LogP contribution in [0.25, 0.3) is 11.3 Å². The number of ketones is 1. The maximum Gasteiger partial charge on any atom is 0.257 e. The highest BCUT2D eigenvalue weighted by molar-refractivity contribution is 7.17. The minimum atomic E-state index is -0.514. The molecule has 35 heavy (non-hydrogen) atoms. The lowest BCUT2D eigenvalue weighted by molar-refractivity contribution is -0.134. The molecule has 0 saturated heterocycles. The van der Waals surface area contributed by atoms with E-state index in [1.165, 1.54) is 0 Å². The smallest absolute Gasteiger partial charge is 0.257 e. The fourth-order valence-electron chi connectivity index (χ4n) is 4.07. The van der Waals surface area contributed by atoms with Crippen molar-refractivity contribution in [1.29, 1.82) is 0 Å². The Kier molecular flexibility index (Phi) is 6.24. The third-order valence-corrected chi connectivity index (χ3v) is 6.87. The molecule has 1 aliphatic rings. The van der Waals surface area contributed by atoms with E-state index in [1.807, 2.05) is 42.5 Å². The van der Waals surface area contributed by atoms with Crippen LogP contribution >= 0.6 is 11.3 Å². The number of benzene rings is 2. The van der Waals surface area contributed by atoms with E-state index in [1.54, 1.807) is 36.2 Å². The van der Waals surface area contributed by atoms with E-state index < -0.39 is 5.92 Å². The first kappa shape index (κ1) is 22.7. The number of Topliss-reactive ketones (excluding diaryl/α,β-unsaturated/α-hetero) is 1. The van der Waals surface area contributed by atoms with E-state index in [0.29, 0.717) is 39.1 Å². The summed E-state index contributed by atoms with van der Waals surface area (Å²) >= 11 is 1.15. The second-order valence-corrected chi connectivity index (χ2v) is 9.39. The zero-order valence-electron chi connectivity index (χ0n) is 18.9.